The van der Waals surface area contributed by atoms with Gasteiger partial charge in [-0.05, 0) is 31.2 Å². The van der Waals surface area contributed by atoms with Crippen LogP contribution in [0.2, 0.25) is 0 Å². The van der Waals surface area contributed by atoms with Crippen molar-refractivity contribution in [3.05, 3.63) is 46.2 Å². The standard InChI is InChI=1S/C17H17N3O2S2/c1-11-8-9-15(24-11)13(21)10-23-17-19-18-16(20(17)2)12-6-4-5-7-14(12)22-3/h4-9H,10H2,1-3H3. The van der Waals surface area contributed by atoms with Gasteiger partial charge in [-0.25, -0.2) is 0 Å². The van der Waals surface area contributed by atoms with Crippen LogP contribution in [-0.4, -0.2) is 33.4 Å². The molecular weight excluding hydrogens is 342 g/mol. The van der Waals surface area contributed by atoms with Crippen molar-refractivity contribution in [2.45, 2.75) is 12.1 Å². The number of para-hydroxylation sites is 1. The van der Waals surface area contributed by atoms with Crippen LogP contribution in [0.1, 0.15) is 14.5 Å². The summed E-state index contributed by atoms with van der Waals surface area (Å²) in [4.78, 5) is 14.2. The third-order valence-electron chi connectivity index (χ3n) is 3.53. The molecule has 0 aliphatic rings. The van der Waals surface area contributed by atoms with Gasteiger partial charge in [0.25, 0.3) is 0 Å². The molecule has 5 nitrogen and oxygen atoms in total. The van der Waals surface area contributed by atoms with E-state index in [9.17, 15) is 4.79 Å². The van der Waals surface area contributed by atoms with Gasteiger partial charge < -0.3 is 9.30 Å². The van der Waals surface area contributed by atoms with E-state index in [1.54, 1.807) is 7.11 Å². The minimum atomic E-state index is 0.111. The largest absolute Gasteiger partial charge is 0.496 e. The molecule has 0 atom stereocenters. The second kappa shape index (κ2) is 7.19. The van der Waals surface area contributed by atoms with Crippen LogP contribution in [0.4, 0.5) is 0 Å². The van der Waals surface area contributed by atoms with Gasteiger partial charge in [0.05, 0.1) is 23.3 Å². The van der Waals surface area contributed by atoms with E-state index in [0.29, 0.717) is 10.9 Å². The summed E-state index contributed by atoms with van der Waals surface area (Å²) in [6.45, 7) is 2.00. The maximum absolute atomic E-state index is 12.2. The first-order valence-electron chi connectivity index (χ1n) is 7.35. The number of carbonyl (C=O) groups excluding carboxylic acids is 1. The SMILES string of the molecule is COc1ccccc1-c1nnc(SCC(=O)c2ccc(C)s2)n1C. The Bertz CT molecular complexity index is 870. The lowest BCUT2D eigenvalue weighted by Crippen LogP contribution is -2.02. The molecular formula is C17H17N3O2S2. The highest BCUT2D eigenvalue weighted by Gasteiger charge is 2.16. The summed E-state index contributed by atoms with van der Waals surface area (Å²) in [5.41, 5.74) is 0.877. The Morgan fingerprint density at radius 2 is 2.04 bits per heavy atom. The Morgan fingerprint density at radius 1 is 1.25 bits per heavy atom. The Kier molecular flexibility index (Phi) is 5.01. The highest BCUT2D eigenvalue weighted by atomic mass is 32.2. The molecule has 2 heterocycles. The molecule has 7 heteroatoms. The molecule has 2 aromatic heterocycles. The van der Waals surface area contributed by atoms with Crippen LogP contribution in [0.3, 0.4) is 0 Å². The molecule has 0 amide bonds. The van der Waals surface area contributed by atoms with Gasteiger partial charge in [-0.2, -0.15) is 0 Å². The van der Waals surface area contributed by atoms with E-state index in [1.165, 1.54) is 23.1 Å². The summed E-state index contributed by atoms with van der Waals surface area (Å²) in [6, 6.07) is 11.5. The fraction of sp³-hybridized carbons (Fsp3) is 0.235. The summed E-state index contributed by atoms with van der Waals surface area (Å²) < 4.78 is 7.27. The summed E-state index contributed by atoms with van der Waals surface area (Å²) in [5.74, 6) is 1.92. The second-order valence-electron chi connectivity index (χ2n) is 5.19. The highest BCUT2D eigenvalue weighted by molar-refractivity contribution is 7.99. The summed E-state index contributed by atoms with van der Waals surface area (Å²) >= 11 is 2.91. The van der Waals surface area contributed by atoms with Crippen LogP contribution >= 0.6 is 23.1 Å². The Labute approximate surface area is 148 Å². The molecule has 3 aromatic rings. The number of aromatic nitrogens is 3. The van der Waals surface area contributed by atoms with E-state index in [4.69, 9.17) is 4.74 Å². The number of ketones is 1. The first-order chi connectivity index (χ1) is 11.6. The number of Topliss-reactive ketones (excluding diaryl/α,β-unsaturated/α-hetero) is 1. The van der Waals surface area contributed by atoms with Gasteiger partial charge in [0.2, 0.25) is 0 Å². The molecule has 1 aromatic carbocycles. The van der Waals surface area contributed by atoms with E-state index in [0.717, 1.165) is 26.9 Å². The van der Waals surface area contributed by atoms with Crippen molar-refractivity contribution in [3.8, 4) is 17.1 Å². The number of nitrogens with zero attached hydrogens (tertiary/aromatic N) is 3. The molecule has 0 radical (unpaired) electrons. The molecule has 0 unspecified atom stereocenters. The first-order valence-corrected chi connectivity index (χ1v) is 9.15. The molecule has 0 fully saturated rings. The van der Waals surface area contributed by atoms with Crippen molar-refractivity contribution < 1.29 is 9.53 Å². The van der Waals surface area contributed by atoms with Crippen LogP contribution in [-0.2, 0) is 7.05 Å². The minimum absolute atomic E-state index is 0.111. The zero-order valence-corrected chi connectivity index (χ0v) is 15.3. The number of methoxy groups -OCH3 is 1. The second-order valence-corrected chi connectivity index (χ2v) is 7.42. The van der Waals surface area contributed by atoms with Crippen LogP contribution in [0.15, 0.2) is 41.6 Å². The summed E-state index contributed by atoms with van der Waals surface area (Å²) in [6.07, 6.45) is 0. The monoisotopic (exact) mass is 359 g/mol. The number of thioether (sulfide) groups is 1. The number of hydrogen-bond acceptors (Lipinski definition) is 6. The van der Waals surface area contributed by atoms with Crippen molar-refractivity contribution in [2.24, 2.45) is 7.05 Å². The van der Waals surface area contributed by atoms with Crippen LogP contribution in [0.25, 0.3) is 11.4 Å². The smallest absolute Gasteiger partial charge is 0.191 e. The fourth-order valence-electron chi connectivity index (χ4n) is 2.29. The normalized spacial score (nSPS) is 10.8. The third-order valence-corrected chi connectivity index (χ3v) is 5.59. The topological polar surface area (TPSA) is 57.0 Å². The minimum Gasteiger partial charge on any atom is -0.496 e. The maximum atomic E-state index is 12.2. The number of ether oxygens (including phenoxy) is 1. The zero-order chi connectivity index (χ0) is 17.1. The van der Waals surface area contributed by atoms with Crippen molar-refractivity contribution in [2.75, 3.05) is 12.9 Å². The van der Waals surface area contributed by atoms with E-state index in [1.807, 2.05) is 54.9 Å². The number of rotatable bonds is 6. The van der Waals surface area contributed by atoms with Crippen molar-refractivity contribution in [1.29, 1.82) is 0 Å². The molecule has 3 rings (SSSR count). The molecule has 0 saturated heterocycles. The molecule has 0 spiro atoms. The van der Waals surface area contributed by atoms with Crippen molar-refractivity contribution in [1.82, 2.24) is 14.8 Å². The number of aryl methyl sites for hydroxylation is 1. The Balaban J connectivity index is 1.77. The Hall–Kier alpha value is -2.12. The average molecular weight is 359 g/mol. The molecule has 0 saturated carbocycles. The fourth-order valence-corrected chi connectivity index (χ4v) is 3.98. The lowest BCUT2D eigenvalue weighted by molar-refractivity contribution is 0.102. The quantitative estimate of drug-likeness (QED) is 0.494. The van der Waals surface area contributed by atoms with Crippen LogP contribution in [0.5, 0.6) is 5.75 Å². The zero-order valence-electron chi connectivity index (χ0n) is 13.6. The molecule has 0 aliphatic carbocycles. The first kappa shape index (κ1) is 16.7. The van der Waals surface area contributed by atoms with Crippen molar-refractivity contribution >= 4 is 28.9 Å². The molecule has 0 N–H and O–H groups in total. The van der Waals surface area contributed by atoms with Crippen LogP contribution in [0, 0.1) is 6.92 Å². The molecule has 0 bridgehead atoms. The summed E-state index contributed by atoms with van der Waals surface area (Å²) in [7, 11) is 3.52. The van der Waals surface area contributed by atoms with E-state index < -0.39 is 0 Å². The van der Waals surface area contributed by atoms with Gasteiger partial charge in [0.15, 0.2) is 16.8 Å². The molecule has 0 aliphatic heterocycles. The third kappa shape index (κ3) is 3.37. The average Bonchev–Trinajstić information content (AvgIpc) is 3.19. The van der Waals surface area contributed by atoms with Gasteiger partial charge in [0.1, 0.15) is 5.75 Å². The van der Waals surface area contributed by atoms with E-state index in [-0.39, 0.29) is 5.78 Å². The lowest BCUT2D eigenvalue weighted by atomic mass is 10.2. The maximum Gasteiger partial charge on any atom is 0.191 e. The van der Waals surface area contributed by atoms with Crippen molar-refractivity contribution in [3.63, 3.8) is 0 Å². The number of carbonyl (C=O) groups is 1. The molecule has 24 heavy (non-hydrogen) atoms. The van der Waals surface area contributed by atoms with E-state index >= 15 is 0 Å². The van der Waals surface area contributed by atoms with Gasteiger partial charge in [0, 0.05) is 11.9 Å². The number of benzene rings is 1. The van der Waals surface area contributed by atoms with Gasteiger partial charge >= 0.3 is 0 Å². The van der Waals surface area contributed by atoms with Gasteiger partial charge in [-0.15, -0.1) is 21.5 Å². The number of thiophene rings is 1. The molecule has 124 valence electrons. The predicted molar refractivity (Wildman–Crippen MR) is 97.1 cm³/mol. The van der Waals surface area contributed by atoms with Gasteiger partial charge in [-0.1, -0.05) is 23.9 Å². The lowest BCUT2D eigenvalue weighted by Gasteiger charge is -2.07. The highest BCUT2D eigenvalue weighted by Crippen LogP contribution is 2.30. The predicted octanol–water partition coefficient (Wildman–Crippen LogP) is 3.84. The van der Waals surface area contributed by atoms with Gasteiger partial charge in [-0.3, -0.25) is 4.79 Å². The number of hydrogen-bond donors (Lipinski definition) is 0. The van der Waals surface area contributed by atoms with Crippen LogP contribution < -0.4 is 4.74 Å². The summed E-state index contributed by atoms with van der Waals surface area (Å²) in [5, 5.41) is 9.17. The Morgan fingerprint density at radius 3 is 2.75 bits per heavy atom. The van der Waals surface area contributed by atoms with E-state index in [2.05, 4.69) is 10.2 Å².